The maximum absolute atomic E-state index is 11.6. The van der Waals surface area contributed by atoms with Crippen molar-refractivity contribution in [3.8, 4) is 0 Å². The summed E-state index contributed by atoms with van der Waals surface area (Å²) >= 11 is 0. The van der Waals surface area contributed by atoms with Gasteiger partial charge in [-0.15, -0.1) is 0 Å². The zero-order valence-electron chi connectivity index (χ0n) is 10.1. The minimum Gasteiger partial charge on any atom is -0.466 e. The van der Waals surface area contributed by atoms with Gasteiger partial charge in [0.15, 0.2) is 0 Å². The van der Waals surface area contributed by atoms with Crippen molar-refractivity contribution in [2.75, 3.05) is 18.1 Å². The second-order valence-electron chi connectivity index (χ2n) is 4.15. The molecule has 0 saturated heterocycles. The van der Waals surface area contributed by atoms with Gasteiger partial charge in [-0.05, 0) is 19.3 Å². The van der Waals surface area contributed by atoms with Gasteiger partial charge in [-0.25, -0.2) is 0 Å². The lowest BCUT2D eigenvalue weighted by Gasteiger charge is -2.10. The third-order valence-corrected chi connectivity index (χ3v) is 3.61. The average Bonchev–Trinajstić information content (AvgIpc) is 2.15. The van der Waals surface area contributed by atoms with Crippen LogP contribution < -0.4 is 0 Å². The van der Waals surface area contributed by atoms with Crippen LogP contribution in [0.1, 0.15) is 34.1 Å². The standard InChI is InChI=1S/C11H22O3S/c1-5-14-11(12)10(4)8-15(13)7-6-9(2)3/h9-10H,5-8H2,1-4H3. The Labute approximate surface area is 95.0 Å². The molecule has 0 aromatic carbocycles. The van der Waals surface area contributed by atoms with E-state index in [2.05, 4.69) is 13.8 Å². The lowest BCUT2D eigenvalue weighted by Crippen LogP contribution is -2.22. The van der Waals surface area contributed by atoms with Crippen LogP contribution in [0.15, 0.2) is 0 Å². The van der Waals surface area contributed by atoms with Crippen LogP contribution in [0.2, 0.25) is 0 Å². The molecule has 0 radical (unpaired) electrons. The molecule has 0 aliphatic rings. The lowest BCUT2D eigenvalue weighted by molar-refractivity contribution is -0.146. The molecule has 0 fully saturated rings. The summed E-state index contributed by atoms with van der Waals surface area (Å²) in [5.41, 5.74) is 0. The van der Waals surface area contributed by atoms with Crippen molar-refractivity contribution in [1.29, 1.82) is 0 Å². The first-order valence-electron chi connectivity index (χ1n) is 5.49. The Balaban J connectivity index is 3.80. The highest BCUT2D eigenvalue weighted by molar-refractivity contribution is 7.85. The van der Waals surface area contributed by atoms with E-state index in [9.17, 15) is 9.00 Å². The molecule has 0 bridgehead atoms. The van der Waals surface area contributed by atoms with Crippen LogP contribution in [-0.2, 0) is 20.3 Å². The van der Waals surface area contributed by atoms with E-state index >= 15 is 0 Å². The van der Waals surface area contributed by atoms with Crippen molar-refractivity contribution in [1.82, 2.24) is 0 Å². The van der Waals surface area contributed by atoms with Gasteiger partial charge in [0.2, 0.25) is 0 Å². The van der Waals surface area contributed by atoms with E-state index in [0.717, 1.165) is 6.42 Å². The van der Waals surface area contributed by atoms with Crippen LogP contribution in [0.25, 0.3) is 0 Å². The Bertz CT molecular complexity index is 214. The molecule has 0 aromatic rings. The molecule has 2 atom stereocenters. The van der Waals surface area contributed by atoms with E-state index in [4.69, 9.17) is 4.74 Å². The van der Waals surface area contributed by atoms with E-state index in [1.807, 2.05) is 0 Å². The highest BCUT2D eigenvalue weighted by Gasteiger charge is 2.16. The summed E-state index contributed by atoms with van der Waals surface area (Å²) in [6.07, 6.45) is 0.947. The Kier molecular flexibility index (Phi) is 7.65. The minimum atomic E-state index is -0.896. The molecule has 0 rings (SSSR count). The molecule has 0 amide bonds. The Morgan fingerprint density at radius 2 is 1.93 bits per heavy atom. The van der Waals surface area contributed by atoms with Crippen LogP contribution in [-0.4, -0.2) is 28.3 Å². The number of ether oxygens (including phenoxy) is 1. The molecule has 0 spiro atoms. The molecule has 15 heavy (non-hydrogen) atoms. The molecule has 4 heteroatoms. The van der Waals surface area contributed by atoms with Gasteiger partial charge in [0.1, 0.15) is 0 Å². The summed E-state index contributed by atoms with van der Waals surface area (Å²) in [5.74, 6) is 1.17. The SMILES string of the molecule is CCOC(=O)C(C)CS(=O)CCC(C)C. The summed E-state index contributed by atoms with van der Waals surface area (Å²) < 4.78 is 16.4. The summed E-state index contributed by atoms with van der Waals surface area (Å²) in [7, 11) is -0.896. The van der Waals surface area contributed by atoms with Gasteiger partial charge in [-0.3, -0.25) is 9.00 Å². The first-order valence-corrected chi connectivity index (χ1v) is 6.97. The third-order valence-electron chi connectivity index (χ3n) is 2.05. The second kappa shape index (κ2) is 7.85. The minimum absolute atomic E-state index is 0.240. The largest absolute Gasteiger partial charge is 0.466 e. The summed E-state index contributed by atoms with van der Waals surface area (Å²) in [6.45, 7) is 8.14. The molecule has 2 unspecified atom stereocenters. The molecule has 0 aliphatic carbocycles. The van der Waals surface area contributed by atoms with E-state index in [1.54, 1.807) is 13.8 Å². The van der Waals surface area contributed by atoms with Gasteiger partial charge >= 0.3 is 5.97 Å². The monoisotopic (exact) mass is 234 g/mol. The van der Waals surface area contributed by atoms with Crippen molar-refractivity contribution in [3.63, 3.8) is 0 Å². The van der Waals surface area contributed by atoms with E-state index in [1.165, 1.54) is 0 Å². The van der Waals surface area contributed by atoms with Gasteiger partial charge in [-0.1, -0.05) is 20.8 Å². The van der Waals surface area contributed by atoms with Crippen molar-refractivity contribution < 1.29 is 13.7 Å². The predicted octanol–water partition coefficient (Wildman–Crippen LogP) is 1.98. The summed E-state index contributed by atoms with van der Waals surface area (Å²) in [5, 5.41) is 0. The van der Waals surface area contributed by atoms with Crippen LogP contribution in [0.3, 0.4) is 0 Å². The van der Waals surface area contributed by atoms with Gasteiger partial charge in [0.25, 0.3) is 0 Å². The van der Waals surface area contributed by atoms with Gasteiger partial charge < -0.3 is 4.74 Å². The lowest BCUT2D eigenvalue weighted by atomic mass is 10.2. The number of hydrogen-bond acceptors (Lipinski definition) is 3. The van der Waals surface area contributed by atoms with Crippen LogP contribution >= 0.6 is 0 Å². The Hall–Kier alpha value is -0.380. The summed E-state index contributed by atoms with van der Waals surface area (Å²) in [4.78, 5) is 11.3. The highest BCUT2D eigenvalue weighted by Crippen LogP contribution is 2.06. The molecular weight excluding hydrogens is 212 g/mol. The van der Waals surface area contributed by atoms with Gasteiger partial charge in [0, 0.05) is 22.3 Å². The maximum Gasteiger partial charge on any atom is 0.309 e. The zero-order chi connectivity index (χ0) is 11.8. The fourth-order valence-corrected chi connectivity index (χ4v) is 2.68. The molecular formula is C11H22O3S. The number of hydrogen-bond donors (Lipinski definition) is 0. The van der Waals surface area contributed by atoms with Gasteiger partial charge in [-0.2, -0.15) is 0 Å². The smallest absolute Gasteiger partial charge is 0.309 e. The Morgan fingerprint density at radius 1 is 1.33 bits per heavy atom. The number of esters is 1. The zero-order valence-corrected chi connectivity index (χ0v) is 10.9. The first kappa shape index (κ1) is 14.6. The fourth-order valence-electron chi connectivity index (χ4n) is 1.08. The topological polar surface area (TPSA) is 43.4 Å². The average molecular weight is 234 g/mol. The number of carbonyl (C=O) groups excluding carboxylic acids is 1. The maximum atomic E-state index is 11.6. The first-order chi connectivity index (χ1) is 6.97. The van der Waals surface area contributed by atoms with E-state index in [-0.39, 0.29) is 11.9 Å². The fraction of sp³-hybridized carbons (Fsp3) is 0.909. The molecule has 90 valence electrons. The van der Waals surface area contributed by atoms with Crippen molar-refractivity contribution in [2.24, 2.45) is 11.8 Å². The summed E-state index contributed by atoms with van der Waals surface area (Å²) in [6, 6.07) is 0. The van der Waals surface area contributed by atoms with Gasteiger partial charge in [0.05, 0.1) is 12.5 Å². The van der Waals surface area contributed by atoms with Crippen LogP contribution in [0, 0.1) is 11.8 Å². The molecule has 0 aliphatic heterocycles. The molecule has 0 heterocycles. The highest BCUT2D eigenvalue weighted by atomic mass is 32.2. The van der Waals surface area contributed by atoms with E-state index in [0.29, 0.717) is 24.0 Å². The normalized spacial score (nSPS) is 15.0. The second-order valence-corrected chi connectivity index (χ2v) is 5.77. The molecule has 0 N–H and O–H groups in total. The van der Waals surface area contributed by atoms with Crippen LogP contribution in [0.4, 0.5) is 0 Å². The number of rotatable bonds is 7. The Morgan fingerprint density at radius 3 is 2.40 bits per heavy atom. The van der Waals surface area contributed by atoms with Crippen molar-refractivity contribution in [3.05, 3.63) is 0 Å². The molecule has 3 nitrogen and oxygen atoms in total. The van der Waals surface area contributed by atoms with Crippen molar-refractivity contribution in [2.45, 2.75) is 34.1 Å². The number of carbonyl (C=O) groups is 1. The predicted molar refractivity (Wildman–Crippen MR) is 63.1 cm³/mol. The molecule has 0 saturated carbocycles. The van der Waals surface area contributed by atoms with Crippen LogP contribution in [0.5, 0.6) is 0 Å². The third kappa shape index (κ3) is 7.54. The molecule has 0 aromatic heterocycles. The quantitative estimate of drug-likeness (QED) is 0.633. The van der Waals surface area contributed by atoms with Crippen molar-refractivity contribution >= 4 is 16.8 Å². The van der Waals surface area contributed by atoms with E-state index < -0.39 is 10.8 Å².